The summed E-state index contributed by atoms with van der Waals surface area (Å²) in [5.41, 5.74) is 9.89. The molecule has 0 aromatic heterocycles. The van der Waals surface area contributed by atoms with Gasteiger partial charge in [0.15, 0.2) is 0 Å². The summed E-state index contributed by atoms with van der Waals surface area (Å²) in [7, 11) is 0. The van der Waals surface area contributed by atoms with Gasteiger partial charge in [0.1, 0.15) is 0 Å². The molecule has 2 aliphatic carbocycles. The minimum atomic E-state index is -0.531. The Morgan fingerprint density at radius 1 is 1.35 bits per heavy atom. The van der Waals surface area contributed by atoms with E-state index in [9.17, 15) is 4.79 Å². The Kier molecular flexibility index (Phi) is 4.89. The number of carbonyl (C=O) groups is 1. The minimum Gasteiger partial charge on any atom is -0.312 e. The van der Waals surface area contributed by atoms with Gasteiger partial charge >= 0.3 is 0 Å². The number of amides is 1. The van der Waals surface area contributed by atoms with Crippen LogP contribution in [0.2, 0.25) is 0 Å². The molecule has 1 aromatic carbocycles. The quantitative estimate of drug-likeness (QED) is 0.328. The van der Waals surface area contributed by atoms with Crippen LogP contribution in [-0.4, -0.2) is 17.7 Å². The van der Waals surface area contributed by atoms with Crippen LogP contribution in [-0.2, 0) is 11.3 Å². The van der Waals surface area contributed by atoms with E-state index in [1.165, 1.54) is 22.8 Å². The second kappa shape index (κ2) is 7.25. The van der Waals surface area contributed by atoms with Crippen LogP contribution in [0.15, 0.2) is 59.4 Å². The van der Waals surface area contributed by atoms with Crippen LogP contribution in [0.1, 0.15) is 24.0 Å². The molecule has 0 aliphatic heterocycles. The van der Waals surface area contributed by atoms with Crippen molar-refractivity contribution in [2.24, 2.45) is 5.92 Å². The zero-order valence-electron chi connectivity index (χ0n) is 12.9. The second-order valence-electron chi connectivity index (χ2n) is 5.81. The van der Waals surface area contributed by atoms with Crippen LogP contribution >= 0.6 is 0 Å². The molecule has 4 heteroatoms. The Morgan fingerprint density at radius 3 is 2.91 bits per heavy atom. The molecule has 0 saturated heterocycles. The maximum Gasteiger partial charge on any atom is 0.267 e. The van der Waals surface area contributed by atoms with Gasteiger partial charge < -0.3 is 5.32 Å². The molecule has 1 fully saturated rings. The van der Waals surface area contributed by atoms with E-state index in [-0.39, 0.29) is 0 Å². The Balaban J connectivity index is 1.45. The van der Waals surface area contributed by atoms with Crippen molar-refractivity contribution in [3.63, 3.8) is 0 Å². The van der Waals surface area contributed by atoms with E-state index in [0.29, 0.717) is 5.92 Å². The van der Waals surface area contributed by atoms with Crippen molar-refractivity contribution in [2.45, 2.75) is 19.4 Å². The van der Waals surface area contributed by atoms with Gasteiger partial charge in [0.05, 0.1) is 0 Å². The third-order valence-electron chi connectivity index (χ3n) is 4.21. The maximum absolute atomic E-state index is 10.9. The molecule has 0 spiro atoms. The molecule has 1 saturated carbocycles. The fourth-order valence-electron chi connectivity index (χ4n) is 2.92. The Morgan fingerprint density at radius 2 is 2.17 bits per heavy atom. The van der Waals surface area contributed by atoms with E-state index in [2.05, 4.69) is 23.2 Å². The molecule has 0 radical (unpaired) electrons. The standard InChI is InChI=1S/C19H20N2O2/c22-19(21-23)10-9-14-5-7-15(8-6-14)12-20-13-17-11-16-3-1-2-4-18(16)17/h1,4-10,17,20,23H,2,11-13H2,(H,21,22)/b10-9+. The van der Waals surface area contributed by atoms with E-state index in [1.807, 2.05) is 24.3 Å². The zero-order chi connectivity index (χ0) is 16.1. The summed E-state index contributed by atoms with van der Waals surface area (Å²) in [4.78, 5) is 10.9. The van der Waals surface area contributed by atoms with Gasteiger partial charge in [-0.05, 0) is 47.3 Å². The van der Waals surface area contributed by atoms with E-state index >= 15 is 0 Å². The molecule has 4 nitrogen and oxygen atoms in total. The lowest BCUT2D eigenvalue weighted by Crippen LogP contribution is -2.31. The predicted octanol–water partition coefficient (Wildman–Crippen LogP) is 2.73. The lowest BCUT2D eigenvalue weighted by molar-refractivity contribution is -0.124. The Bertz CT molecular complexity index is 707. The average Bonchev–Trinajstić information content (AvgIpc) is 2.57. The van der Waals surface area contributed by atoms with Crippen molar-refractivity contribution in [1.82, 2.24) is 10.8 Å². The van der Waals surface area contributed by atoms with Gasteiger partial charge in [0.25, 0.3) is 5.91 Å². The molecule has 3 N–H and O–H groups in total. The highest BCUT2D eigenvalue weighted by Gasteiger charge is 2.29. The van der Waals surface area contributed by atoms with Crippen molar-refractivity contribution in [1.29, 1.82) is 0 Å². The van der Waals surface area contributed by atoms with Crippen LogP contribution in [0.4, 0.5) is 0 Å². The number of benzene rings is 1. The topological polar surface area (TPSA) is 61.4 Å². The molecule has 3 rings (SSSR count). The number of carbonyl (C=O) groups excluding carboxylic acids is 1. The van der Waals surface area contributed by atoms with Gasteiger partial charge in [-0.15, -0.1) is 5.73 Å². The number of hydroxylamine groups is 1. The predicted molar refractivity (Wildman–Crippen MR) is 89.5 cm³/mol. The lowest BCUT2D eigenvalue weighted by Gasteiger charge is -2.33. The van der Waals surface area contributed by atoms with Crippen molar-refractivity contribution in [3.05, 3.63) is 70.5 Å². The third-order valence-corrected chi connectivity index (χ3v) is 4.21. The monoisotopic (exact) mass is 308 g/mol. The summed E-state index contributed by atoms with van der Waals surface area (Å²) in [6.45, 7) is 1.83. The number of allylic oxidation sites excluding steroid dienone is 2. The van der Waals surface area contributed by atoms with Crippen LogP contribution in [0.25, 0.3) is 6.08 Å². The summed E-state index contributed by atoms with van der Waals surface area (Å²) < 4.78 is 0. The largest absolute Gasteiger partial charge is 0.312 e. The van der Waals surface area contributed by atoms with Gasteiger partial charge in [-0.25, -0.2) is 5.48 Å². The van der Waals surface area contributed by atoms with E-state index in [1.54, 1.807) is 11.6 Å². The highest BCUT2D eigenvalue weighted by molar-refractivity contribution is 5.90. The van der Waals surface area contributed by atoms with Gasteiger partial charge in [-0.1, -0.05) is 30.3 Å². The molecular weight excluding hydrogens is 288 g/mol. The van der Waals surface area contributed by atoms with Crippen LogP contribution < -0.4 is 10.8 Å². The first-order valence-electron chi connectivity index (χ1n) is 7.82. The molecule has 1 unspecified atom stereocenters. The molecule has 1 aromatic rings. The summed E-state index contributed by atoms with van der Waals surface area (Å²) in [6, 6.07) is 7.99. The second-order valence-corrected chi connectivity index (χ2v) is 5.81. The van der Waals surface area contributed by atoms with Crippen molar-refractivity contribution in [2.75, 3.05) is 6.54 Å². The van der Waals surface area contributed by atoms with E-state index in [0.717, 1.165) is 31.5 Å². The molecule has 118 valence electrons. The average molecular weight is 308 g/mol. The fraction of sp³-hybridized carbons (Fsp3) is 0.263. The molecule has 2 aliphatic rings. The molecule has 1 atom stereocenters. The smallest absolute Gasteiger partial charge is 0.267 e. The third kappa shape index (κ3) is 3.88. The Labute approximate surface area is 135 Å². The van der Waals surface area contributed by atoms with Crippen LogP contribution in [0.3, 0.4) is 0 Å². The van der Waals surface area contributed by atoms with Crippen LogP contribution in [0, 0.1) is 5.92 Å². The van der Waals surface area contributed by atoms with Gasteiger partial charge in [-0.3, -0.25) is 10.0 Å². The molecule has 0 heterocycles. The number of hydrogen-bond acceptors (Lipinski definition) is 3. The van der Waals surface area contributed by atoms with Gasteiger partial charge in [0, 0.05) is 25.1 Å². The van der Waals surface area contributed by atoms with Crippen molar-refractivity contribution in [3.8, 4) is 0 Å². The summed E-state index contributed by atoms with van der Waals surface area (Å²) in [5, 5.41) is 11.9. The zero-order valence-corrected chi connectivity index (χ0v) is 12.9. The van der Waals surface area contributed by atoms with Gasteiger partial charge in [-0.2, -0.15) is 0 Å². The SMILES string of the molecule is O=C(/C=C/c1ccc(CNCC2CC3=C=CCC=C32)cc1)NO. The molecule has 1 amide bonds. The highest BCUT2D eigenvalue weighted by Crippen LogP contribution is 2.39. The lowest BCUT2D eigenvalue weighted by atomic mass is 9.73. The summed E-state index contributed by atoms with van der Waals surface area (Å²) >= 11 is 0. The van der Waals surface area contributed by atoms with Crippen LogP contribution in [0.5, 0.6) is 0 Å². The number of nitrogens with one attached hydrogen (secondary N) is 2. The highest BCUT2D eigenvalue weighted by atomic mass is 16.5. The summed E-state index contributed by atoms with van der Waals surface area (Å²) in [5.74, 6) is 0.0990. The van der Waals surface area contributed by atoms with Gasteiger partial charge in [0.2, 0.25) is 0 Å². The fourth-order valence-corrected chi connectivity index (χ4v) is 2.92. The number of hydrogen-bond donors (Lipinski definition) is 3. The molecule has 23 heavy (non-hydrogen) atoms. The normalized spacial score (nSPS) is 18.9. The van der Waals surface area contributed by atoms with E-state index in [4.69, 9.17) is 5.21 Å². The Hall–Kier alpha value is -2.39. The first kappa shape index (κ1) is 15.5. The number of fused-ring (bicyclic) bond motifs is 1. The first-order valence-corrected chi connectivity index (χ1v) is 7.82. The molecule has 0 bridgehead atoms. The van der Waals surface area contributed by atoms with Crippen molar-refractivity contribution >= 4 is 12.0 Å². The first-order chi connectivity index (χ1) is 11.3. The molecular formula is C19H20N2O2. The van der Waals surface area contributed by atoms with E-state index < -0.39 is 5.91 Å². The van der Waals surface area contributed by atoms with Crippen molar-refractivity contribution < 1.29 is 10.0 Å². The minimum absolute atomic E-state index is 0.531. The summed E-state index contributed by atoms with van der Waals surface area (Å²) in [6.07, 6.45) is 9.51. The maximum atomic E-state index is 10.9. The number of rotatable bonds is 6.